The van der Waals surface area contributed by atoms with E-state index in [4.69, 9.17) is 21.4 Å². The summed E-state index contributed by atoms with van der Waals surface area (Å²) in [6.45, 7) is 0.419. The van der Waals surface area contributed by atoms with Crippen LogP contribution in [0.15, 0.2) is 54.6 Å². The summed E-state index contributed by atoms with van der Waals surface area (Å²) >= 11 is 5.85. The molecular weight excluding hydrogens is 342 g/mol. The van der Waals surface area contributed by atoms with E-state index in [9.17, 15) is 9.59 Å². The van der Waals surface area contributed by atoms with Crippen LogP contribution >= 0.6 is 11.6 Å². The maximum atomic E-state index is 12.1. The van der Waals surface area contributed by atoms with Gasteiger partial charge in [0.1, 0.15) is 5.75 Å². The number of para-hydroxylation sites is 1. The lowest BCUT2D eigenvalue weighted by molar-refractivity contribution is -0.137. The van der Waals surface area contributed by atoms with E-state index in [2.05, 4.69) is 5.32 Å². The molecule has 0 bridgehead atoms. The highest BCUT2D eigenvalue weighted by atomic mass is 35.5. The Morgan fingerprint density at radius 2 is 1.76 bits per heavy atom. The Balaban J connectivity index is 1.82. The van der Waals surface area contributed by atoms with E-state index >= 15 is 0 Å². The molecule has 0 heterocycles. The van der Waals surface area contributed by atoms with E-state index in [0.717, 1.165) is 5.75 Å². The van der Waals surface area contributed by atoms with Gasteiger partial charge in [-0.15, -0.1) is 0 Å². The first-order valence-electron chi connectivity index (χ1n) is 7.99. The molecule has 2 aromatic rings. The third-order valence-electron chi connectivity index (χ3n) is 3.55. The summed E-state index contributed by atoms with van der Waals surface area (Å²) in [6.07, 6.45) is 0.617. The number of carbonyl (C=O) groups excluding carboxylic acids is 1. The lowest BCUT2D eigenvalue weighted by atomic mass is 10.0. The number of nitrogens with one attached hydrogen (secondary N) is 1. The number of ether oxygens (including phenoxy) is 1. The van der Waals surface area contributed by atoms with Crippen LogP contribution in [0.1, 0.15) is 30.9 Å². The number of hydrogen-bond donors (Lipinski definition) is 2. The highest BCUT2D eigenvalue weighted by Crippen LogP contribution is 2.20. The first-order chi connectivity index (χ1) is 12.0. The molecular formula is C19H20ClNO4. The number of amides is 1. The number of rotatable bonds is 9. The minimum atomic E-state index is -0.979. The monoisotopic (exact) mass is 361 g/mol. The minimum Gasteiger partial charge on any atom is -0.494 e. The fraction of sp³-hybridized carbons (Fsp3) is 0.263. The summed E-state index contributed by atoms with van der Waals surface area (Å²) in [4.78, 5) is 23.2. The Morgan fingerprint density at radius 1 is 1.08 bits per heavy atom. The summed E-state index contributed by atoms with van der Waals surface area (Å²) in [7, 11) is 0. The molecule has 132 valence electrons. The molecule has 0 unspecified atom stereocenters. The second kappa shape index (κ2) is 9.69. The van der Waals surface area contributed by atoms with Gasteiger partial charge in [0.15, 0.2) is 0 Å². The van der Waals surface area contributed by atoms with Crippen molar-refractivity contribution in [2.24, 2.45) is 0 Å². The summed E-state index contributed by atoms with van der Waals surface area (Å²) in [5.41, 5.74) is 0.709. The Morgan fingerprint density at radius 3 is 2.40 bits per heavy atom. The van der Waals surface area contributed by atoms with Crippen molar-refractivity contribution in [3.63, 3.8) is 0 Å². The fourth-order valence-electron chi connectivity index (χ4n) is 2.33. The predicted octanol–water partition coefficient (Wildman–Crippen LogP) is 3.83. The fourth-order valence-corrected chi connectivity index (χ4v) is 2.45. The third kappa shape index (κ3) is 6.85. The molecule has 0 spiro atoms. The SMILES string of the molecule is O=C(O)C[C@H](NC(=O)CCCOc1ccccc1)c1ccc(Cl)cc1. The molecule has 0 fully saturated rings. The Bertz CT molecular complexity index is 688. The molecule has 1 atom stereocenters. The third-order valence-corrected chi connectivity index (χ3v) is 3.80. The van der Waals surface area contributed by atoms with Crippen LogP contribution in [0.5, 0.6) is 5.75 Å². The molecule has 6 heteroatoms. The van der Waals surface area contributed by atoms with Crippen LogP contribution in [0.4, 0.5) is 0 Å². The van der Waals surface area contributed by atoms with E-state index in [-0.39, 0.29) is 18.7 Å². The first kappa shape index (κ1) is 18.8. The summed E-state index contributed by atoms with van der Waals surface area (Å²) in [6, 6.07) is 15.6. The van der Waals surface area contributed by atoms with Gasteiger partial charge in [-0.1, -0.05) is 41.9 Å². The standard InChI is InChI=1S/C19H20ClNO4/c20-15-10-8-14(9-11-15)17(13-19(23)24)21-18(22)7-4-12-25-16-5-2-1-3-6-16/h1-3,5-6,8-11,17H,4,7,12-13H2,(H,21,22)(H,23,24)/t17-/m0/s1. The van der Waals surface area contributed by atoms with Crippen molar-refractivity contribution < 1.29 is 19.4 Å². The first-order valence-corrected chi connectivity index (χ1v) is 8.37. The van der Waals surface area contributed by atoms with Gasteiger partial charge in [-0.05, 0) is 36.2 Å². The zero-order chi connectivity index (χ0) is 18.1. The number of carbonyl (C=O) groups is 2. The zero-order valence-electron chi connectivity index (χ0n) is 13.7. The van der Waals surface area contributed by atoms with Crippen LogP contribution in [0.25, 0.3) is 0 Å². The van der Waals surface area contributed by atoms with E-state index in [0.29, 0.717) is 23.6 Å². The lowest BCUT2D eigenvalue weighted by Gasteiger charge is -2.17. The van der Waals surface area contributed by atoms with Gasteiger partial charge in [0.2, 0.25) is 5.91 Å². The van der Waals surface area contributed by atoms with E-state index < -0.39 is 12.0 Å². The van der Waals surface area contributed by atoms with Gasteiger partial charge in [-0.3, -0.25) is 9.59 Å². The Kier molecular flexibility index (Phi) is 7.29. The number of halogens is 1. The molecule has 0 radical (unpaired) electrons. The normalized spacial score (nSPS) is 11.6. The summed E-state index contributed by atoms with van der Waals surface area (Å²) in [5, 5.41) is 12.4. The van der Waals surface area contributed by atoms with Crippen molar-refractivity contribution in [3.05, 3.63) is 65.2 Å². The minimum absolute atomic E-state index is 0.187. The van der Waals surface area contributed by atoms with Gasteiger partial charge >= 0.3 is 5.97 Å². The molecule has 0 saturated carbocycles. The van der Waals surface area contributed by atoms with Crippen LogP contribution in [0.3, 0.4) is 0 Å². The van der Waals surface area contributed by atoms with Crippen molar-refractivity contribution in [2.45, 2.75) is 25.3 Å². The van der Waals surface area contributed by atoms with E-state index in [1.807, 2.05) is 30.3 Å². The van der Waals surface area contributed by atoms with Crippen LogP contribution in [-0.2, 0) is 9.59 Å². The van der Waals surface area contributed by atoms with Crippen molar-refractivity contribution in [1.82, 2.24) is 5.32 Å². The number of carboxylic acids is 1. The van der Waals surface area contributed by atoms with Crippen LogP contribution in [0, 0.1) is 0 Å². The van der Waals surface area contributed by atoms with Crippen LogP contribution in [-0.4, -0.2) is 23.6 Å². The van der Waals surface area contributed by atoms with Crippen molar-refractivity contribution >= 4 is 23.5 Å². The molecule has 2 rings (SSSR count). The largest absolute Gasteiger partial charge is 0.494 e. The molecule has 25 heavy (non-hydrogen) atoms. The van der Waals surface area contributed by atoms with Gasteiger partial charge in [0.25, 0.3) is 0 Å². The number of hydrogen-bond acceptors (Lipinski definition) is 3. The van der Waals surface area contributed by atoms with E-state index in [1.165, 1.54) is 0 Å². The van der Waals surface area contributed by atoms with Gasteiger partial charge in [0.05, 0.1) is 19.1 Å². The molecule has 2 N–H and O–H groups in total. The van der Waals surface area contributed by atoms with Gasteiger partial charge in [-0.2, -0.15) is 0 Å². The lowest BCUT2D eigenvalue weighted by Crippen LogP contribution is -2.30. The number of aliphatic carboxylic acids is 1. The quantitative estimate of drug-likeness (QED) is 0.665. The maximum absolute atomic E-state index is 12.1. The second-order valence-electron chi connectivity index (χ2n) is 5.53. The average Bonchev–Trinajstić information content (AvgIpc) is 2.59. The molecule has 0 aliphatic rings. The van der Waals surface area contributed by atoms with Crippen molar-refractivity contribution in [2.75, 3.05) is 6.61 Å². The van der Waals surface area contributed by atoms with Gasteiger partial charge in [-0.25, -0.2) is 0 Å². The van der Waals surface area contributed by atoms with Gasteiger partial charge < -0.3 is 15.2 Å². The maximum Gasteiger partial charge on any atom is 0.305 e. The summed E-state index contributed by atoms with van der Waals surface area (Å²) in [5.74, 6) is -0.432. The van der Waals surface area contributed by atoms with Gasteiger partial charge in [0, 0.05) is 11.4 Å². The smallest absolute Gasteiger partial charge is 0.305 e. The van der Waals surface area contributed by atoms with Crippen molar-refractivity contribution in [1.29, 1.82) is 0 Å². The second-order valence-corrected chi connectivity index (χ2v) is 5.97. The zero-order valence-corrected chi connectivity index (χ0v) is 14.4. The topological polar surface area (TPSA) is 75.6 Å². The highest BCUT2D eigenvalue weighted by molar-refractivity contribution is 6.30. The number of benzene rings is 2. The highest BCUT2D eigenvalue weighted by Gasteiger charge is 2.18. The molecule has 5 nitrogen and oxygen atoms in total. The molecule has 0 saturated heterocycles. The summed E-state index contributed by atoms with van der Waals surface area (Å²) < 4.78 is 5.53. The molecule has 2 aromatic carbocycles. The van der Waals surface area contributed by atoms with Crippen LogP contribution < -0.4 is 10.1 Å². The van der Waals surface area contributed by atoms with E-state index in [1.54, 1.807) is 24.3 Å². The Labute approximate surface area is 151 Å². The molecule has 0 aliphatic heterocycles. The molecule has 0 aromatic heterocycles. The van der Waals surface area contributed by atoms with Crippen molar-refractivity contribution in [3.8, 4) is 5.75 Å². The number of carboxylic acid groups (broad SMARTS) is 1. The van der Waals surface area contributed by atoms with Crippen LogP contribution in [0.2, 0.25) is 5.02 Å². The molecule has 1 amide bonds. The average molecular weight is 362 g/mol. The Hall–Kier alpha value is -2.53. The predicted molar refractivity (Wildman–Crippen MR) is 95.8 cm³/mol. The molecule has 0 aliphatic carbocycles.